The van der Waals surface area contributed by atoms with Crippen LogP contribution in [0.5, 0.6) is 0 Å². The van der Waals surface area contributed by atoms with Gasteiger partial charge in [-0.25, -0.2) is 0 Å². The van der Waals surface area contributed by atoms with Crippen LogP contribution < -0.4 is 0 Å². The van der Waals surface area contributed by atoms with E-state index >= 15 is 0 Å². The van der Waals surface area contributed by atoms with Crippen molar-refractivity contribution in [3.63, 3.8) is 0 Å². The second-order valence-corrected chi connectivity index (χ2v) is 8.95. The zero-order chi connectivity index (χ0) is 15.5. The third-order valence-electron chi connectivity index (χ3n) is 7.98. The average molecular weight is 306 g/mol. The highest BCUT2D eigenvalue weighted by Crippen LogP contribution is 2.63. The highest BCUT2D eigenvalue weighted by atomic mass is 16.6. The number of carbonyl (C=O) groups excluding carboxylic acids is 1. The molecule has 1 N–H and O–H groups in total. The van der Waals surface area contributed by atoms with Gasteiger partial charge in [-0.15, -0.1) is 0 Å². The van der Waals surface area contributed by atoms with Gasteiger partial charge in [-0.05, 0) is 81.5 Å². The van der Waals surface area contributed by atoms with Crippen LogP contribution in [0, 0.1) is 29.1 Å². The molecule has 0 bridgehead atoms. The Morgan fingerprint density at radius 1 is 1.05 bits per heavy atom. The fraction of sp³-hybridized carbons (Fsp3) is 0.947. The maximum atomic E-state index is 11.8. The number of esters is 1. The molecule has 1 aliphatic heterocycles. The summed E-state index contributed by atoms with van der Waals surface area (Å²) in [7, 11) is 0. The lowest BCUT2D eigenvalue weighted by Gasteiger charge is -2.61. The second-order valence-electron chi connectivity index (χ2n) is 8.95. The molecule has 7 unspecified atom stereocenters. The normalized spacial score (nSPS) is 54.7. The number of ether oxygens (including phenoxy) is 1. The van der Waals surface area contributed by atoms with E-state index in [4.69, 9.17) is 4.74 Å². The Kier molecular flexibility index (Phi) is 3.38. The summed E-state index contributed by atoms with van der Waals surface area (Å²) in [5.41, 5.74) is 0.207. The summed E-state index contributed by atoms with van der Waals surface area (Å²) < 4.78 is 5.83. The smallest absolute Gasteiger partial charge is 0.306 e. The van der Waals surface area contributed by atoms with Crippen molar-refractivity contribution >= 4 is 5.97 Å². The minimum Gasteiger partial charge on any atom is -0.459 e. The molecule has 4 aliphatic rings. The molecule has 0 radical (unpaired) electrons. The highest BCUT2D eigenvalue weighted by molar-refractivity contribution is 5.70. The average Bonchev–Trinajstić information content (AvgIpc) is 2.46. The molecule has 22 heavy (non-hydrogen) atoms. The number of fused-ring (bicyclic) bond motifs is 5. The van der Waals surface area contributed by atoms with E-state index in [-0.39, 0.29) is 17.7 Å². The first-order valence-electron chi connectivity index (χ1n) is 9.32. The molecule has 7 atom stereocenters. The molecular weight excluding hydrogens is 276 g/mol. The first-order valence-corrected chi connectivity index (χ1v) is 9.32. The van der Waals surface area contributed by atoms with Gasteiger partial charge < -0.3 is 9.84 Å². The van der Waals surface area contributed by atoms with E-state index in [1.807, 2.05) is 0 Å². The van der Waals surface area contributed by atoms with Crippen LogP contribution in [0.3, 0.4) is 0 Å². The minimum absolute atomic E-state index is 0.0119. The monoisotopic (exact) mass is 306 g/mol. The molecular formula is C19H30O3. The van der Waals surface area contributed by atoms with Gasteiger partial charge in [0.05, 0.1) is 6.10 Å². The van der Waals surface area contributed by atoms with Crippen molar-refractivity contribution in [2.75, 3.05) is 0 Å². The molecule has 1 saturated heterocycles. The lowest BCUT2D eigenvalue weighted by molar-refractivity contribution is -0.204. The predicted octanol–water partition coefficient (Wildman–Crippen LogP) is 3.69. The molecule has 0 spiro atoms. The highest BCUT2D eigenvalue weighted by Gasteiger charge is 2.58. The molecule has 3 saturated carbocycles. The van der Waals surface area contributed by atoms with E-state index in [0.717, 1.165) is 37.5 Å². The summed E-state index contributed by atoms with van der Waals surface area (Å²) in [6.45, 7) is 4.68. The Morgan fingerprint density at radius 3 is 2.68 bits per heavy atom. The van der Waals surface area contributed by atoms with E-state index in [1.165, 1.54) is 25.7 Å². The topological polar surface area (TPSA) is 46.5 Å². The quantitative estimate of drug-likeness (QED) is 0.694. The van der Waals surface area contributed by atoms with Crippen molar-refractivity contribution in [3.8, 4) is 0 Å². The van der Waals surface area contributed by atoms with Gasteiger partial charge in [0.2, 0.25) is 0 Å². The minimum atomic E-state index is -0.201. The molecule has 0 aromatic carbocycles. The van der Waals surface area contributed by atoms with Gasteiger partial charge in [-0.1, -0.05) is 6.92 Å². The van der Waals surface area contributed by atoms with Gasteiger partial charge in [0, 0.05) is 12.3 Å². The number of hydrogen-bond acceptors (Lipinski definition) is 3. The van der Waals surface area contributed by atoms with E-state index in [0.29, 0.717) is 23.7 Å². The second kappa shape index (κ2) is 4.96. The van der Waals surface area contributed by atoms with E-state index in [1.54, 1.807) is 0 Å². The van der Waals surface area contributed by atoms with Crippen LogP contribution in [-0.2, 0) is 9.53 Å². The van der Waals surface area contributed by atoms with Gasteiger partial charge in [0.25, 0.3) is 0 Å². The Labute approximate surface area is 133 Å². The van der Waals surface area contributed by atoms with Gasteiger partial charge in [0.15, 0.2) is 0 Å². The van der Waals surface area contributed by atoms with E-state index in [2.05, 4.69) is 13.8 Å². The van der Waals surface area contributed by atoms with Crippen LogP contribution in [0.25, 0.3) is 0 Å². The van der Waals surface area contributed by atoms with Crippen molar-refractivity contribution < 1.29 is 14.6 Å². The molecule has 4 rings (SSSR count). The zero-order valence-corrected chi connectivity index (χ0v) is 14.0. The van der Waals surface area contributed by atoms with Crippen molar-refractivity contribution in [1.29, 1.82) is 0 Å². The predicted molar refractivity (Wildman–Crippen MR) is 84.1 cm³/mol. The summed E-state index contributed by atoms with van der Waals surface area (Å²) in [6, 6.07) is 0. The maximum absolute atomic E-state index is 11.8. The van der Waals surface area contributed by atoms with E-state index in [9.17, 15) is 9.90 Å². The fourth-order valence-corrected chi connectivity index (χ4v) is 6.75. The first kappa shape index (κ1) is 15.0. The van der Waals surface area contributed by atoms with Crippen molar-refractivity contribution in [2.24, 2.45) is 29.1 Å². The molecule has 0 aromatic rings. The van der Waals surface area contributed by atoms with Gasteiger partial charge in [-0.3, -0.25) is 4.79 Å². The molecule has 3 nitrogen and oxygen atoms in total. The number of aliphatic hydroxyl groups excluding tert-OH is 1. The first-order chi connectivity index (χ1) is 10.4. The van der Waals surface area contributed by atoms with Crippen molar-refractivity contribution in [2.45, 2.75) is 83.3 Å². The zero-order valence-electron chi connectivity index (χ0n) is 14.0. The number of carbonyl (C=O) groups is 1. The Morgan fingerprint density at radius 2 is 1.86 bits per heavy atom. The van der Waals surface area contributed by atoms with Crippen LogP contribution in [0.15, 0.2) is 0 Å². The van der Waals surface area contributed by atoms with Crippen LogP contribution in [0.1, 0.15) is 71.6 Å². The third kappa shape index (κ3) is 2.07. The van der Waals surface area contributed by atoms with Crippen LogP contribution in [0.4, 0.5) is 0 Å². The Balaban J connectivity index is 1.61. The number of rotatable bonds is 0. The van der Waals surface area contributed by atoms with Crippen LogP contribution >= 0.6 is 0 Å². The molecule has 0 aromatic heterocycles. The lowest BCUT2D eigenvalue weighted by Crippen LogP contribution is -2.58. The molecule has 1 heterocycles. The van der Waals surface area contributed by atoms with Gasteiger partial charge in [-0.2, -0.15) is 0 Å². The van der Waals surface area contributed by atoms with Gasteiger partial charge in [0.1, 0.15) is 5.60 Å². The van der Waals surface area contributed by atoms with Crippen molar-refractivity contribution in [1.82, 2.24) is 0 Å². The van der Waals surface area contributed by atoms with Crippen LogP contribution in [0.2, 0.25) is 0 Å². The van der Waals surface area contributed by atoms with E-state index < -0.39 is 0 Å². The maximum Gasteiger partial charge on any atom is 0.306 e. The SMILES string of the molecule is CC12CCC3C(CCC4CC(O)CCC43C)C1CCC(=O)O2. The molecule has 3 aliphatic carbocycles. The molecule has 4 fully saturated rings. The summed E-state index contributed by atoms with van der Waals surface area (Å²) in [5.74, 6) is 2.77. The van der Waals surface area contributed by atoms with Gasteiger partial charge >= 0.3 is 5.97 Å². The molecule has 124 valence electrons. The third-order valence-corrected chi connectivity index (χ3v) is 7.98. The Bertz CT molecular complexity index is 475. The number of aliphatic hydroxyl groups is 1. The summed E-state index contributed by atoms with van der Waals surface area (Å²) in [6.07, 6.45) is 9.52. The standard InChI is InChI=1S/C19H30O3/c1-18-9-7-13(20)11-12(18)3-4-14-15(18)8-10-19(2)16(14)5-6-17(21)22-19/h12-16,20H,3-11H2,1-2H3. The molecule has 0 amide bonds. The summed E-state index contributed by atoms with van der Waals surface area (Å²) in [4.78, 5) is 11.8. The number of hydrogen-bond donors (Lipinski definition) is 1. The summed E-state index contributed by atoms with van der Waals surface area (Å²) >= 11 is 0. The Hall–Kier alpha value is -0.570. The lowest BCUT2D eigenvalue weighted by atomic mass is 9.46. The summed E-state index contributed by atoms with van der Waals surface area (Å²) in [5, 5.41) is 10.1. The fourth-order valence-electron chi connectivity index (χ4n) is 6.75. The molecule has 3 heteroatoms. The van der Waals surface area contributed by atoms with Crippen LogP contribution in [-0.4, -0.2) is 22.8 Å². The van der Waals surface area contributed by atoms with Crippen molar-refractivity contribution in [3.05, 3.63) is 0 Å². The largest absolute Gasteiger partial charge is 0.459 e.